The summed E-state index contributed by atoms with van der Waals surface area (Å²) >= 11 is 13.9. The highest BCUT2D eigenvalue weighted by molar-refractivity contribution is 7.16. The molecule has 0 unspecified atom stereocenters. The molecule has 0 N–H and O–H groups in total. The number of methoxy groups -OCH3 is 2. The number of fused-ring (bicyclic) bond motifs is 1. The summed E-state index contributed by atoms with van der Waals surface area (Å²) in [6, 6.07) is 8.42. The van der Waals surface area contributed by atoms with Gasteiger partial charge in [0.1, 0.15) is 11.5 Å². The molecule has 6 nitrogen and oxygen atoms in total. The maximum Gasteiger partial charge on any atom is 0.279 e. The van der Waals surface area contributed by atoms with E-state index in [1.54, 1.807) is 24.3 Å². The van der Waals surface area contributed by atoms with Crippen molar-refractivity contribution in [3.8, 4) is 11.5 Å². The van der Waals surface area contributed by atoms with E-state index in [0.717, 1.165) is 10.2 Å². The molecule has 0 fully saturated rings. The minimum absolute atomic E-state index is 0.360. The molecule has 0 saturated carbocycles. The minimum atomic E-state index is -0.416. The van der Waals surface area contributed by atoms with Crippen LogP contribution in [0.4, 0.5) is 0 Å². The van der Waals surface area contributed by atoms with Crippen LogP contribution in [0.2, 0.25) is 10.0 Å². The Morgan fingerprint density at radius 2 is 1.79 bits per heavy atom. The van der Waals surface area contributed by atoms with Crippen molar-refractivity contribution in [2.45, 2.75) is 13.5 Å². The predicted molar refractivity (Wildman–Crippen MR) is 116 cm³/mol. The normalized spacial score (nSPS) is 11.8. The lowest BCUT2D eigenvalue weighted by Crippen LogP contribution is -2.20. The van der Waals surface area contributed by atoms with Gasteiger partial charge in [-0.2, -0.15) is 4.99 Å². The highest BCUT2D eigenvalue weighted by Gasteiger charge is 2.14. The van der Waals surface area contributed by atoms with Crippen molar-refractivity contribution in [3.05, 3.63) is 50.7 Å². The van der Waals surface area contributed by atoms with Gasteiger partial charge in [-0.15, -0.1) is 0 Å². The summed E-state index contributed by atoms with van der Waals surface area (Å²) in [4.78, 5) is 17.7. The van der Waals surface area contributed by atoms with Crippen LogP contribution in [0.1, 0.15) is 17.3 Å². The molecule has 0 bridgehead atoms. The van der Waals surface area contributed by atoms with Gasteiger partial charge in [-0.1, -0.05) is 34.5 Å². The van der Waals surface area contributed by atoms with E-state index in [2.05, 4.69) is 4.99 Å². The van der Waals surface area contributed by atoms with E-state index < -0.39 is 5.91 Å². The van der Waals surface area contributed by atoms with Crippen LogP contribution in [0.3, 0.4) is 0 Å². The van der Waals surface area contributed by atoms with Gasteiger partial charge in [0.15, 0.2) is 4.80 Å². The molecule has 3 aromatic rings. The molecular formula is C20H20Cl2N2O4S. The van der Waals surface area contributed by atoms with Crippen LogP contribution in [0.15, 0.2) is 35.3 Å². The molecule has 1 aromatic heterocycles. The Kier molecular flexibility index (Phi) is 7.18. The van der Waals surface area contributed by atoms with Crippen LogP contribution in [-0.4, -0.2) is 37.9 Å². The molecule has 0 atom stereocenters. The van der Waals surface area contributed by atoms with Crippen LogP contribution in [0, 0.1) is 0 Å². The second-order valence-corrected chi connectivity index (χ2v) is 7.84. The maximum atomic E-state index is 12.9. The minimum Gasteiger partial charge on any atom is -0.497 e. The van der Waals surface area contributed by atoms with Crippen LogP contribution in [0.5, 0.6) is 11.5 Å². The molecule has 0 saturated heterocycles. The number of carbonyl (C=O) groups excluding carboxylic acids is 1. The van der Waals surface area contributed by atoms with Crippen LogP contribution >= 0.6 is 34.5 Å². The zero-order chi connectivity index (χ0) is 21.0. The van der Waals surface area contributed by atoms with Gasteiger partial charge >= 0.3 is 0 Å². The molecule has 3 rings (SSSR count). The van der Waals surface area contributed by atoms with E-state index in [-0.39, 0.29) is 0 Å². The lowest BCUT2D eigenvalue weighted by atomic mass is 10.2. The van der Waals surface area contributed by atoms with Gasteiger partial charge in [0, 0.05) is 29.8 Å². The highest BCUT2D eigenvalue weighted by atomic mass is 35.5. The molecule has 0 aliphatic heterocycles. The number of nitrogens with zero attached hydrogens (tertiary/aromatic N) is 2. The maximum absolute atomic E-state index is 12.9. The van der Waals surface area contributed by atoms with Crippen molar-refractivity contribution in [1.29, 1.82) is 0 Å². The molecule has 0 aliphatic carbocycles. The summed E-state index contributed by atoms with van der Waals surface area (Å²) in [6.45, 7) is 3.49. The van der Waals surface area contributed by atoms with Crippen molar-refractivity contribution in [1.82, 2.24) is 4.57 Å². The standard InChI is InChI=1S/C20H20Cl2N2O4S/c1-4-28-6-5-24-18-16(22)9-13(21)10-17(18)29-20(24)23-19(25)12-7-14(26-2)11-15(8-12)27-3/h7-11H,4-6H2,1-3H3. The van der Waals surface area contributed by atoms with Gasteiger partial charge in [-0.05, 0) is 31.2 Å². The smallest absolute Gasteiger partial charge is 0.279 e. The third-order valence-electron chi connectivity index (χ3n) is 4.15. The molecule has 0 radical (unpaired) electrons. The fourth-order valence-electron chi connectivity index (χ4n) is 2.80. The second-order valence-electron chi connectivity index (χ2n) is 5.99. The fourth-order valence-corrected chi connectivity index (χ4v) is 4.64. The second kappa shape index (κ2) is 9.63. The number of rotatable bonds is 7. The predicted octanol–water partition coefficient (Wildman–Crippen LogP) is 4.80. The van der Waals surface area contributed by atoms with Crippen molar-refractivity contribution >= 4 is 50.7 Å². The van der Waals surface area contributed by atoms with E-state index in [9.17, 15) is 4.79 Å². The molecule has 1 amide bonds. The Morgan fingerprint density at radius 1 is 1.10 bits per heavy atom. The number of hydrogen-bond acceptors (Lipinski definition) is 5. The quantitative estimate of drug-likeness (QED) is 0.480. The first-order valence-electron chi connectivity index (χ1n) is 8.85. The average molecular weight is 455 g/mol. The van der Waals surface area contributed by atoms with Crippen molar-refractivity contribution in [3.63, 3.8) is 0 Å². The molecule has 2 aromatic carbocycles. The Bertz CT molecular complexity index is 1090. The number of hydrogen-bond donors (Lipinski definition) is 0. The van der Waals surface area contributed by atoms with Gasteiger partial charge in [0.2, 0.25) is 0 Å². The Labute approximate surface area is 182 Å². The van der Waals surface area contributed by atoms with E-state index >= 15 is 0 Å². The van der Waals surface area contributed by atoms with Gasteiger partial charge in [-0.3, -0.25) is 4.79 Å². The average Bonchev–Trinajstić information content (AvgIpc) is 3.04. The number of halogens is 2. The van der Waals surface area contributed by atoms with E-state index in [0.29, 0.717) is 51.7 Å². The Morgan fingerprint density at radius 3 is 2.41 bits per heavy atom. The molecule has 29 heavy (non-hydrogen) atoms. The lowest BCUT2D eigenvalue weighted by molar-refractivity contribution is 0.0996. The van der Waals surface area contributed by atoms with Crippen LogP contribution in [0.25, 0.3) is 10.2 Å². The molecular weight excluding hydrogens is 435 g/mol. The number of benzene rings is 2. The molecule has 1 heterocycles. The fraction of sp³-hybridized carbons (Fsp3) is 0.300. The first-order valence-corrected chi connectivity index (χ1v) is 10.4. The highest BCUT2D eigenvalue weighted by Crippen LogP contribution is 2.30. The van der Waals surface area contributed by atoms with Gasteiger partial charge in [-0.25, -0.2) is 0 Å². The van der Waals surface area contributed by atoms with Crippen molar-refractivity contribution in [2.24, 2.45) is 4.99 Å². The van der Waals surface area contributed by atoms with Crippen molar-refractivity contribution in [2.75, 3.05) is 27.4 Å². The summed E-state index contributed by atoms with van der Waals surface area (Å²) in [5.74, 6) is 0.609. The van der Waals surface area contributed by atoms with Gasteiger partial charge in [0.05, 0.1) is 36.1 Å². The zero-order valence-electron chi connectivity index (χ0n) is 16.2. The Balaban J connectivity index is 2.12. The third-order valence-corrected chi connectivity index (χ3v) is 5.69. The topological polar surface area (TPSA) is 62.1 Å². The van der Waals surface area contributed by atoms with E-state index in [1.807, 2.05) is 17.6 Å². The number of amides is 1. The van der Waals surface area contributed by atoms with E-state index in [4.69, 9.17) is 37.4 Å². The molecule has 154 valence electrons. The SMILES string of the molecule is CCOCCn1c(=NC(=O)c2cc(OC)cc(OC)c2)sc2cc(Cl)cc(Cl)c21. The van der Waals surface area contributed by atoms with Crippen LogP contribution < -0.4 is 14.3 Å². The first kappa shape index (κ1) is 21.6. The number of ether oxygens (including phenoxy) is 3. The molecule has 9 heteroatoms. The lowest BCUT2D eigenvalue weighted by Gasteiger charge is -2.07. The summed E-state index contributed by atoms with van der Waals surface area (Å²) in [5, 5.41) is 1.02. The van der Waals surface area contributed by atoms with Gasteiger partial charge in [0.25, 0.3) is 5.91 Å². The number of carbonyl (C=O) groups is 1. The van der Waals surface area contributed by atoms with E-state index in [1.165, 1.54) is 25.6 Å². The summed E-state index contributed by atoms with van der Waals surface area (Å²) < 4.78 is 18.7. The monoisotopic (exact) mass is 454 g/mol. The number of aromatic nitrogens is 1. The number of thiazole rings is 1. The summed E-state index contributed by atoms with van der Waals surface area (Å²) in [7, 11) is 3.05. The van der Waals surface area contributed by atoms with Crippen LogP contribution in [-0.2, 0) is 11.3 Å². The zero-order valence-corrected chi connectivity index (χ0v) is 18.5. The Hall–Kier alpha value is -2.06. The molecule has 0 spiro atoms. The van der Waals surface area contributed by atoms with Gasteiger partial charge < -0.3 is 18.8 Å². The summed E-state index contributed by atoms with van der Waals surface area (Å²) in [6.07, 6.45) is 0. The third kappa shape index (κ3) is 4.93. The first-order chi connectivity index (χ1) is 14.0. The summed E-state index contributed by atoms with van der Waals surface area (Å²) in [5.41, 5.74) is 1.13. The molecule has 0 aliphatic rings. The van der Waals surface area contributed by atoms with Crippen molar-refractivity contribution < 1.29 is 19.0 Å². The largest absolute Gasteiger partial charge is 0.497 e.